The minimum atomic E-state index is -3.55. The molecule has 0 fully saturated rings. The van der Waals surface area contributed by atoms with E-state index < -0.39 is 10.0 Å². The summed E-state index contributed by atoms with van der Waals surface area (Å²) in [5, 5.41) is 1.71. The zero-order chi connectivity index (χ0) is 12.3. The van der Waals surface area contributed by atoms with E-state index in [1.165, 1.54) is 12.3 Å². The minimum absolute atomic E-state index is 0.232. The Morgan fingerprint density at radius 2 is 2.18 bits per heavy atom. The number of pyridine rings is 1. The van der Waals surface area contributed by atoms with E-state index in [0.717, 1.165) is 11.3 Å². The van der Waals surface area contributed by atoms with Crippen LogP contribution in [-0.4, -0.2) is 13.4 Å². The van der Waals surface area contributed by atoms with Gasteiger partial charge in [0.2, 0.25) is 0 Å². The topological polar surface area (TPSA) is 85.1 Å². The van der Waals surface area contributed by atoms with Crippen molar-refractivity contribution < 1.29 is 8.42 Å². The number of thiophene rings is 1. The van der Waals surface area contributed by atoms with E-state index in [1.54, 1.807) is 23.6 Å². The molecule has 0 bridgehead atoms. The molecule has 0 atom stereocenters. The molecule has 5 nitrogen and oxygen atoms in total. The fraction of sp³-hybridized carbons (Fsp3) is 0.100. The Hall–Kier alpha value is -1.44. The molecule has 0 radical (unpaired) electrons. The molecule has 0 unspecified atom stereocenters. The average Bonchev–Trinajstić information content (AvgIpc) is 2.83. The van der Waals surface area contributed by atoms with Crippen molar-refractivity contribution in [2.75, 3.05) is 4.72 Å². The van der Waals surface area contributed by atoms with Crippen molar-refractivity contribution in [2.45, 2.75) is 10.8 Å². The van der Waals surface area contributed by atoms with E-state index in [-0.39, 0.29) is 16.6 Å². The van der Waals surface area contributed by atoms with Crippen molar-refractivity contribution in [3.8, 4) is 0 Å². The highest BCUT2D eigenvalue weighted by Crippen LogP contribution is 2.20. The summed E-state index contributed by atoms with van der Waals surface area (Å²) in [5.41, 5.74) is 6.18. The second-order valence-corrected chi connectivity index (χ2v) is 6.11. The molecule has 2 aromatic rings. The second-order valence-electron chi connectivity index (χ2n) is 3.25. The predicted octanol–water partition coefficient (Wildman–Crippen LogP) is 1.40. The van der Waals surface area contributed by atoms with Crippen molar-refractivity contribution >= 4 is 27.2 Å². The van der Waals surface area contributed by atoms with Crippen LogP contribution in [0.15, 0.2) is 40.1 Å². The first-order valence-corrected chi connectivity index (χ1v) is 7.20. The van der Waals surface area contributed by atoms with Crippen LogP contribution in [0.5, 0.6) is 0 Å². The summed E-state index contributed by atoms with van der Waals surface area (Å²) in [6.45, 7) is 0.232. The van der Waals surface area contributed by atoms with Gasteiger partial charge < -0.3 is 5.73 Å². The number of rotatable bonds is 4. The predicted molar refractivity (Wildman–Crippen MR) is 67.3 cm³/mol. The average molecular weight is 269 g/mol. The monoisotopic (exact) mass is 269 g/mol. The standard InChI is InChI=1S/C10H11N3O2S2/c11-7-8-3-1-5-12-10(8)13-17(14,15)9-4-2-6-16-9/h1-6H,7,11H2,(H,12,13). The molecule has 0 aromatic carbocycles. The summed E-state index contributed by atoms with van der Waals surface area (Å²) in [6, 6.07) is 6.67. The van der Waals surface area contributed by atoms with Crippen molar-refractivity contribution in [1.82, 2.24) is 4.98 Å². The Morgan fingerprint density at radius 3 is 2.82 bits per heavy atom. The van der Waals surface area contributed by atoms with Crippen LogP contribution in [0.1, 0.15) is 5.56 Å². The first-order valence-electron chi connectivity index (χ1n) is 4.84. The molecular weight excluding hydrogens is 258 g/mol. The lowest BCUT2D eigenvalue weighted by Gasteiger charge is -2.08. The molecule has 0 aliphatic heterocycles. The lowest BCUT2D eigenvalue weighted by molar-refractivity contribution is 0.603. The molecule has 0 amide bonds. The number of hydrogen-bond donors (Lipinski definition) is 2. The van der Waals surface area contributed by atoms with E-state index in [2.05, 4.69) is 9.71 Å². The first-order chi connectivity index (χ1) is 8.13. The van der Waals surface area contributed by atoms with Gasteiger partial charge in [0.15, 0.2) is 0 Å². The SMILES string of the molecule is NCc1cccnc1NS(=O)(=O)c1cccs1. The number of hydrogen-bond acceptors (Lipinski definition) is 5. The summed E-state index contributed by atoms with van der Waals surface area (Å²) < 4.78 is 26.6. The highest BCUT2D eigenvalue weighted by molar-refractivity contribution is 7.94. The van der Waals surface area contributed by atoms with Crippen LogP contribution in [0.25, 0.3) is 0 Å². The van der Waals surface area contributed by atoms with E-state index in [0.29, 0.717) is 5.56 Å². The molecule has 2 aromatic heterocycles. The van der Waals surface area contributed by atoms with E-state index in [4.69, 9.17) is 5.73 Å². The van der Waals surface area contributed by atoms with Gasteiger partial charge in [-0.25, -0.2) is 13.4 Å². The van der Waals surface area contributed by atoms with Gasteiger partial charge in [-0.15, -0.1) is 11.3 Å². The third-order valence-corrected chi connectivity index (χ3v) is 4.84. The molecule has 0 saturated carbocycles. The number of nitrogens with zero attached hydrogens (tertiary/aromatic N) is 1. The van der Waals surface area contributed by atoms with Crippen LogP contribution >= 0.6 is 11.3 Å². The fourth-order valence-corrected chi connectivity index (χ4v) is 3.33. The Labute approximate surface area is 103 Å². The highest BCUT2D eigenvalue weighted by Gasteiger charge is 2.17. The summed E-state index contributed by atoms with van der Waals surface area (Å²) in [6.07, 6.45) is 1.52. The van der Waals surface area contributed by atoms with Gasteiger partial charge >= 0.3 is 0 Å². The van der Waals surface area contributed by atoms with Gasteiger partial charge in [-0.3, -0.25) is 4.72 Å². The molecule has 0 spiro atoms. The third-order valence-electron chi connectivity index (χ3n) is 2.10. The van der Waals surface area contributed by atoms with Crippen LogP contribution in [-0.2, 0) is 16.6 Å². The number of nitrogens with one attached hydrogen (secondary N) is 1. The summed E-state index contributed by atoms with van der Waals surface area (Å²) in [4.78, 5) is 3.98. The van der Waals surface area contributed by atoms with Crippen molar-refractivity contribution in [2.24, 2.45) is 5.73 Å². The highest BCUT2D eigenvalue weighted by atomic mass is 32.2. The number of nitrogens with two attached hydrogens (primary N) is 1. The van der Waals surface area contributed by atoms with Crippen LogP contribution in [0, 0.1) is 0 Å². The van der Waals surface area contributed by atoms with Crippen molar-refractivity contribution in [1.29, 1.82) is 0 Å². The van der Waals surface area contributed by atoms with Crippen LogP contribution in [0.4, 0.5) is 5.82 Å². The quantitative estimate of drug-likeness (QED) is 0.878. The Balaban J connectivity index is 2.33. The smallest absolute Gasteiger partial charge is 0.272 e. The number of aromatic nitrogens is 1. The van der Waals surface area contributed by atoms with Gasteiger partial charge in [-0.1, -0.05) is 12.1 Å². The van der Waals surface area contributed by atoms with Gasteiger partial charge in [0.05, 0.1) is 0 Å². The van der Waals surface area contributed by atoms with E-state index in [1.807, 2.05) is 0 Å². The second kappa shape index (κ2) is 4.82. The largest absolute Gasteiger partial charge is 0.326 e. The number of sulfonamides is 1. The van der Waals surface area contributed by atoms with Crippen LogP contribution in [0.3, 0.4) is 0 Å². The Bertz CT molecular complexity index is 594. The maximum Gasteiger partial charge on any atom is 0.272 e. The van der Waals surface area contributed by atoms with Crippen molar-refractivity contribution in [3.63, 3.8) is 0 Å². The summed E-state index contributed by atoms with van der Waals surface area (Å²) >= 11 is 1.15. The van der Waals surface area contributed by atoms with Gasteiger partial charge in [0.25, 0.3) is 10.0 Å². The number of anilines is 1. The summed E-state index contributed by atoms with van der Waals surface area (Å²) in [5.74, 6) is 0.281. The normalized spacial score (nSPS) is 11.4. The zero-order valence-corrected chi connectivity index (χ0v) is 10.5. The molecule has 3 N–H and O–H groups in total. The molecule has 17 heavy (non-hydrogen) atoms. The lowest BCUT2D eigenvalue weighted by atomic mass is 10.3. The molecule has 0 saturated heterocycles. The Kier molecular flexibility index (Phi) is 3.41. The molecule has 90 valence electrons. The van der Waals surface area contributed by atoms with Gasteiger partial charge in [-0.2, -0.15) is 0 Å². The van der Waals surface area contributed by atoms with Crippen molar-refractivity contribution in [3.05, 3.63) is 41.4 Å². The maximum absolute atomic E-state index is 11.9. The van der Waals surface area contributed by atoms with Gasteiger partial charge in [0.1, 0.15) is 10.0 Å². The Morgan fingerprint density at radius 1 is 1.35 bits per heavy atom. The maximum atomic E-state index is 11.9. The van der Waals surface area contributed by atoms with E-state index >= 15 is 0 Å². The van der Waals surface area contributed by atoms with Gasteiger partial charge in [-0.05, 0) is 17.5 Å². The molecule has 0 aliphatic carbocycles. The molecule has 2 heterocycles. The first kappa shape index (κ1) is 12.0. The minimum Gasteiger partial charge on any atom is -0.326 e. The molecule has 0 aliphatic rings. The molecule has 2 rings (SSSR count). The lowest BCUT2D eigenvalue weighted by Crippen LogP contribution is -2.15. The van der Waals surface area contributed by atoms with E-state index in [9.17, 15) is 8.42 Å². The zero-order valence-electron chi connectivity index (χ0n) is 8.83. The summed E-state index contributed by atoms with van der Waals surface area (Å²) in [7, 11) is -3.55. The third kappa shape index (κ3) is 2.63. The molecule has 7 heteroatoms. The fourth-order valence-electron chi connectivity index (χ4n) is 1.29. The van der Waals surface area contributed by atoms with Gasteiger partial charge in [0, 0.05) is 18.3 Å². The van der Waals surface area contributed by atoms with Crippen LogP contribution < -0.4 is 10.5 Å². The molecular formula is C10H11N3O2S2. The van der Waals surface area contributed by atoms with Crippen LogP contribution in [0.2, 0.25) is 0 Å².